The second kappa shape index (κ2) is 8.14. The Bertz CT molecular complexity index is 491. The van der Waals surface area contributed by atoms with Gasteiger partial charge in [0, 0.05) is 0 Å². The van der Waals surface area contributed by atoms with Gasteiger partial charge in [-0.15, -0.1) is 0 Å². The molecule has 0 aromatic heterocycles. The van der Waals surface area contributed by atoms with E-state index in [0.29, 0.717) is 12.1 Å². The molecule has 124 valence electrons. The van der Waals surface area contributed by atoms with Crippen molar-refractivity contribution < 1.29 is 43.9 Å². The van der Waals surface area contributed by atoms with Crippen LogP contribution in [0.2, 0.25) is 0 Å². The zero-order chi connectivity index (χ0) is 17.5. The number of hydrogen-bond acceptors (Lipinski definition) is 4. The number of benzene rings is 1. The van der Waals surface area contributed by atoms with E-state index in [1.807, 2.05) is 0 Å². The van der Waals surface area contributed by atoms with Crippen LogP contribution in [0.1, 0.15) is 11.1 Å². The van der Waals surface area contributed by atoms with Crippen molar-refractivity contribution in [2.45, 2.75) is 12.4 Å². The number of halogens is 6. The van der Waals surface area contributed by atoms with E-state index in [2.05, 4.69) is 11.7 Å². The van der Waals surface area contributed by atoms with Gasteiger partial charge in [0.05, 0.1) is 11.1 Å². The van der Waals surface area contributed by atoms with Crippen LogP contribution in [0, 0.1) is 0 Å². The molecule has 0 aliphatic rings. The maximum atomic E-state index is 12.0. The number of rotatable bonds is 0. The lowest BCUT2D eigenvalue weighted by molar-refractivity contribution is -0.143. The standard InChI is InChI=1S/C8H4F6.H4N2.H2O4S/c9-7(10,11)5-2-1-3-6(4-5)8(12,13)14;1-2;1-5(2,3)4/h1-4H;1-2H2;(H2,1,2,3,4). The molecule has 0 radical (unpaired) electrons. The van der Waals surface area contributed by atoms with Gasteiger partial charge in [-0.3, -0.25) is 20.8 Å². The van der Waals surface area contributed by atoms with Gasteiger partial charge in [-0.25, -0.2) is 0 Å². The molecule has 0 amide bonds. The topological polar surface area (TPSA) is 127 Å². The van der Waals surface area contributed by atoms with Crippen LogP contribution in [0.25, 0.3) is 0 Å². The summed E-state index contributed by atoms with van der Waals surface area (Å²) in [4.78, 5) is 0. The molecule has 1 aromatic rings. The van der Waals surface area contributed by atoms with Crippen LogP contribution in [-0.2, 0) is 22.8 Å². The Kier molecular flexibility index (Phi) is 8.48. The summed E-state index contributed by atoms with van der Waals surface area (Å²) in [7, 11) is -4.67. The summed E-state index contributed by atoms with van der Waals surface area (Å²) in [6.45, 7) is 0. The van der Waals surface area contributed by atoms with E-state index in [1.165, 1.54) is 0 Å². The van der Waals surface area contributed by atoms with Crippen LogP contribution >= 0.6 is 0 Å². The van der Waals surface area contributed by atoms with Crippen molar-refractivity contribution in [3.05, 3.63) is 35.4 Å². The summed E-state index contributed by atoms with van der Waals surface area (Å²) in [6, 6.07) is 2.00. The second-order valence-electron chi connectivity index (χ2n) is 3.02. The SMILES string of the molecule is FC(F)(F)c1cccc(C(F)(F)F)c1.NN.O=S(=O)(O)O. The van der Waals surface area contributed by atoms with E-state index in [9.17, 15) is 26.3 Å². The van der Waals surface area contributed by atoms with Gasteiger partial charge in [-0.05, 0) is 18.2 Å². The molecule has 0 spiro atoms. The molecule has 0 fully saturated rings. The fourth-order valence-corrected chi connectivity index (χ4v) is 0.872. The highest BCUT2D eigenvalue weighted by Gasteiger charge is 2.35. The van der Waals surface area contributed by atoms with Crippen LogP contribution in [0.15, 0.2) is 24.3 Å². The molecule has 0 unspecified atom stereocenters. The van der Waals surface area contributed by atoms with Gasteiger partial charge in [0.2, 0.25) is 0 Å². The van der Waals surface area contributed by atoms with Crippen molar-refractivity contribution in [3.8, 4) is 0 Å². The fourth-order valence-electron chi connectivity index (χ4n) is 0.872. The van der Waals surface area contributed by atoms with Gasteiger partial charge in [-0.2, -0.15) is 34.8 Å². The van der Waals surface area contributed by atoms with Crippen molar-refractivity contribution in [1.82, 2.24) is 0 Å². The van der Waals surface area contributed by atoms with E-state index < -0.39 is 33.9 Å². The molecule has 13 heteroatoms. The highest BCUT2D eigenvalue weighted by molar-refractivity contribution is 7.79. The maximum absolute atomic E-state index is 12.0. The van der Waals surface area contributed by atoms with Crippen molar-refractivity contribution in [3.63, 3.8) is 0 Å². The average Bonchev–Trinajstić information content (AvgIpc) is 2.27. The van der Waals surface area contributed by atoms with E-state index in [-0.39, 0.29) is 6.07 Å². The largest absolute Gasteiger partial charge is 0.416 e. The van der Waals surface area contributed by atoms with Gasteiger partial charge >= 0.3 is 22.8 Å². The summed E-state index contributed by atoms with van der Waals surface area (Å²) < 4.78 is 104. The molecule has 0 saturated carbocycles. The average molecular weight is 344 g/mol. The first-order valence-corrected chi connectivity index (χ1v) is 5.88. The van der Waals surface area contributed by atoms with Crippen LogP contribution in [0.5, 0.6) is 0 Å². The third-order valence-corrected chi connectivity index (χ3v) is 1.52. The Morgan fingerprint density at radius 2 is 1.10 bits per heavy atom. The van der Waals surface area contributed by atoms with Crippen LogP contribution in [-0.4, -0.2) is 17.5 Å². The molecule has 0 atom stereocenters. The van der Waals surface area contributed by atoms with Crippen molar-refractivity contribution in [2.24, 2.45) is 11.7 Å². The number of nitrogens with two attached hydrogens (primary N) is 2. The van der Waals surface area contributed by atoms with Gasteiger partial charge in [0.15, 0.2) is 0 Å². The number of alkyl halides is 6. The lowest BCUT2D eigenvalue weighted by Crippen LogP contribution is -2.09. The lowest BCUT2D eigenvalue weighted by atomic mass is 10.1. The Morgan fingerprint density at radius 1 is 0.857 bits per heavy atom. The summed E-state index contributed by atoms with van der Waals surface area (Å²) in [5, 5.41) is 0. The van der Waals surface area contributed by atoms with E-state index in [4.69, 9.17) is 17.5 Å². The first-order chi connectivity index (χ1) is 9.21. The molecule has 0 aliphatic heterocycles. The zero-order valence-electron chi connectivity index (χ0n) is 9.85. The third kappa shape index (κ3) is 12.1. The molecule has 0 bridgehead atoms. The molecule has 1 rings (SSSR count). The molecule has 6 nitrogen and oxygen atoms in total. The Morgan fingerprint density at radius 3 is 1.29 bits per heavy atom. The first-order valence-electron chi connectivity index (χ1n) is 4.49. The van der Waals surface area contributed by atoms with Crippen LogP contribution in [0.4, 0.5) is 26.3 Å². The molecular formula is C8H10F6N2O4S. The second-order valence-corrected chi connectivity index (χ2v) is 3.92. The minimum Gasteiger partial charge on any atom is -0.274 e. The Hall–Kier alpha value is -1.41. The van der Waals surface area contributed by atoms with Crippen molar-refractivity contribution in [2.75, 3.05) is 0 Å². The molecule has 0 aliphatic carbocycles. The maximum Gasteiger partial charge on any atom is 0.416 e. The highest BCUT2D eigenvalue weighted by Crippen LogP contribution is 2.34. The number of hydrogen-bond donors (Lipinski definition) is 4. The van der Waals surface area contributed by atoms with Gasteiger partial charge in [0.25, 0.3) is 0 Å². The van der Waals surface area contributed by atoms with E-state index >= 15 is 0 Å². The van der Waals surface area contributed by atoms with Crippen molar-refractivity contribution >= 4 is 10.4 Å². The number of hydrazine groups is 1. The summed E-state index contributed by atoms with van der Waals surface area (Å²) >= 11 is 0. The Labute approximate surface area is 114 Å². The van der Waals surface area contributed by atoms with Gasteiger partial charge in [0.1, 0.15) is 0 Å². The minimum atomic E-state index is -4.75. The van der Waals surface area contributed by atoms with Gasteiger partial charge < -0.3 is 0 Å². The molecule has 6 N–H and O–H groups in total. The predicted octanol–water partition coefficient (Wildman–Crippen LogP) is 1.89. The Balaban J connectivity index is 0. The molecule has 1 aromatic carbocycles. The van der Waals surface area contributed by atoms with Crippen LogP contribution in [0.3, 0.4) is 0 Å². The smallest absolute Gasteiger partial charge is 0.274 e. The predicted molar refractivity (Wildman–Crippen MR) is 59.0 cm³/mol. The summed E-state index contributed by atoms with van der Waals surface area (Å²) in [5.41, 5.74) is -2.60. The molecule has 0 saturated heterocycles. The molecule has 0 heterocycles. The van der Waals surface area contributed by atoms with Gasteiger partial charge in [-0.1, -0.05) is 6.07 Å². The minimum absolute atomic E-state index is 0.0833. The fraction of sp³-hybridized carbons (Fsp3) is 0.250. The normalized spacial score (nSPS) is 11.7. The van der Waals surface area contributed by atoms with Crippen molar-refractivity contribution in [1.29, 1.82) is 0 Å². The summed E-state index contributed by atoms with van der Waals surface area (Å²) in [5.74, 6) is 8.00. The first kappa shape index (κ1) is 21.9. The lowest BCUT2D eigenvalue weighted by Gasteiger charge is -2.10. The third-order valence-electron chi connectivity index (χ3n) is 1.52. The molecular weight excluding hydrogens is 334 g/mol. The van der Waals surface area contributed by atoms with E-state index in [1.54, 1.807) is 0 Å². The summed E-state index contributed by atoms with van der Waals surface area (Å²) in [6.07, 6.45) is -9.50. The van der Waals surface area contributed by atoms with Crippen LogP contribution < -0.4 is 11.7 Å². The highest BCUT2D eigenvalue weighted by atomic mass is 32.3. The molecule has 21 heavy (non-hydrogen) atoms. The quantitative estimate of drug-likeness (QED) is 0.246. The monoisotopic (exact) mass is 344 g/mol. The zero-order valence-corrected chi connectivity index (χ0v) is 10.7. The van der Waals surface area contributed by atoms with E-state index in [0.717, 1.165) is 6.07 Å².